The second kappa shape index (κ2) is 11.5. The smallest absolute Gasteiger partial charge is 0.235 e. The molecule has 0 radical (unpaired) electrons. The van der Waals surface area contributed by atoms with Crippen molar-refractivity contribution in [2.24, 2.45) is 11.3 Å². The summed E-state index contributed by atoms with van der Waals surface area (Å²) in [6, 6.07) is 8.36. The molecule has 202 valence electrons. The molecule has 1 aliphatic rings. The van der Waals surface area contributed by atoms with E-state index in [9.17, 15) is 10.1 Å². The van der Waals surface area contributed by atoms with E-state index in [4.69, 9.17) is 4.74 Å². The topological polar surface area (TPSA) is 92.8 Å². The van der Waals surface area contributed by atoms with E-state index >= 15 is 0 Å². The van der Waals surface area contributed by atoms with Gasteiger partial charge in [0, 0.05) is 11.4 Å². The number of carbonyl (C=O) groups excluding carboxylic acids is 1. The van der Waals surface area contributed by atoms with Crippen molar-refractivity contribution in [3.8, 4) is 11.8 Å². The molecular weight excluding hydrogens is 514 g/mol. The Morgan fingerprint density at radius 3 is 2.79 bits per heavy atom. The molecule has 0 spiro atoms. The monoisotopic (exact) mass is 551 g/mol. The SMILES string of the molecule is CCn1c(SCC(=O)Nc2sc3c(c2C#N)CCC(C(C)(C)C)C3)nnc1C(C)Oc1cccc(C)c1C. The van der Waals surface area contributed by atoms with Gasteiger partial charge in [-0.05, 0) is 81.0 Å². The number of hydrogen-bond donors (Lipinski definition) is 1. The van der Waals surface area contributed by atoms with E-state index in [1.165, 1.54) is 22.2 Å². The van der Waals surface area contributed by atoms with Crippen molar-refractivity contribution >= 4 is 34.0 Å². The molecule has 0 saturated carbocycles. The zero-order valence-electron chi connectivity index (χ0n) is 23.3. The van der Waals surface area contributed by atoms with E-state index in [1.807, 2.05) is 37.5 Å². The maximum atomic E-state index is 12.9. The van der Waals surface area contributed by atoms with Gasteiger partial charge in [-0.15, -0.1) is 21.5 Å². The first-order valence-electron chi connectivity index (χ1n) is 13.2. The second-order valence-corrected chi connectivity index (χ2v) is 13.1. The third-order valence-electron chi connectivity index (χ3n) is 7.47. The number of thioether (sulfide) groups is 1. The van der Waals surface area contributed by atoms with Gasteiger partial charge in [0.15, 0.2) is 17.1 Å². The highest BCUT2D eigenvalue weighted by Crippen LogP contribution is 2.44. The number of thiophene rings is 1. The lowest BCUT2D eigenvalue weighted by atomic mass is 9.72. The normalized spacial score (nSPS) is 16.0. The van der Waals surface area contributed by atoms with Gasteiger partial charge in [0.05, 0.1) is 11.3 Å². The number of ether oxygens (including phenoxy) is 1. The quantitative estimate of drug-likeness (QED) is 0.307. The van der Waals surface area contributed by atoms with E-state index in [0.29, 0.717) is 28.2 Å². The molecule has 38 heavy (non-hydrogen) atoms. The van der Waals surface area contributed by atoms with Gasteiger partial charge in [0.2, 0.25) is 5.91 Å². The van der Waals surface area contributed by atoms with Gasteiger partial charge in [-0.25, -0.2) is 0 Å². The Bertz CT molecular complexity index is 1360. The largest absolute Gasteiger partial charge is 0.482 e. The van der Waals surface area contributed by atoms with Crippen LogP contribution < -0.4 is 10.1 Å². The van der Waals surface area contributed by atoms with Crippen molar-refractivity contribution < 1.29 is 9.53 Å². The fraction of sp³-hybridized carbons (Fsp3) is 0.517. The van der Waals surface area contributed by atoms with Crippen LogP contribution in [0.5, 0.6) is 5.75 Å². The van der Waals surface area contributed by atoms with Gasteiger partial charge >= 0.3 is 0 Å². The number of nitrogens with one attached hydrogen (secondary N) is 1. The maximum absolute atomic E-state index is 12.9. The van der Waals surface area contributed by atoms with Crippen molar-refractivity contribution in [2.45, 2.75) is 85.5 Å². The summed E-state index contributed by atoms with van der Waals surface area (Å²) in [5.74, 6) is 2.17. The Balaban J connectivity index is 1.42. The van der Waals surface area contributed by atoms with E-state index in [0.717, 1.165) is 42.0 Å². The Labute approximate surface area is 234 Å². The molecule has 0 saturated heterocycles. The van der Waals surface area contributed by atoms with Gasteiger partial charge < -0.3 is 14.6 Å². The number of hydrogen-bond acceptors (Lipinski definition) is 7. The van der Waals surface area contributed by atoms with Crippen LogP contribution >= 0.6 is 23.1 Å². The third-order valence-corrected chi connectivity index (χ3v) is 9.61. The first-order chi connectivity index (χ1) is 18.0. The molecule has 2 atom stereocenters. The minimum Gasteiger partial charge on any atom is -0.482 e. The number of carbonyl (C=O) groups is 1. The molecular formula is C29H37N5O2S2. The number of aryl methyl sites for hydroxylation is 1. The molecule has 1 aromatic carbocycles. The van der Waals surface area contributed by atoms with Gasteiger partial charge in [0.1, 0.15) is 16.8 Å². The molecule has 1 aliphatic carbocycles. The standard InChI is InChI=1S/C29H37N5O2S2/c1-8-34-26(19(4)36-23-11-9-10-17(2)18(23)3)32-33-28(34)37-16-25(35)31-27-22(15-30)21-13-12-20(29(5,6)7)14-24(21)38-27/h9-11,19-20H,8,12-14,16H2,1-7H3,(H,31,35). The first kappa shape index (κ1) is 28.2. The Morgan fingerprint density at radius 1 is 1.34 bits per heavy atom. The van der Waals surface area contributed by atoms with Crippen LogP contribution in [0.3, 0.4) is 0 Å². The lowest BCUT2D eigenvalue weighted by Gasteiger charge is -2.33. The maximum Gasteiger partial charge on any atom is 0.235 e. The highest BCUT2D eigenvalue weighted by atomic mass is 32.2. The number of fused-ring (bicyclic) bond motifs is 1. The number of nitrogens with zero attached hydrogens (tertiary/aromatic N) is 4. The minimum absolute atomic E-state index is 0.149. The lowest BCUT2D eigenvalue weighted by molar-refractivity contribution is -0.113. The number of nitriles is 1. The number of benzene rings is 1. The average Bonchev–Trinajstić information content (AvgIpc) is 3.44. The predicted molar refractivity (Wildman–Crippen MR) is 154 cm³/mol. The lowest BCUT2D eigenvalue weighted by Crippen LogP contribution is -2.26. The zero-order valence-corrected chi connectivity index (χ0v) is 25.0. The Morgan fingerprint density at radius 2 is 2.11 bits per heavy atom. The van der Waals surface area contributed by atoms with Crippen molar-refractivity contribution in [1.82, 2.24) is 14.8 Å². The summed E-state index contributed by atoms with van der Waals surface area (Å²) in [5, 5.41) is 22.9. The fourth-order valence-corrected chi connectivity index (χ4v) is 7.03. The number of amides is 1. The number of rotatable bonds is 8. The van der Waals surface area contributed by atoms with Crippen molar-refractivity contribution in [2.75, 3.05) is 11.1 Å². The number of aromatic nitrogens is 3. The summed E-state index contributed by atoms with van der Waals surface area (Å²) in [7, 11) is 0. The molecule has 1 N–H and O–H groups in total. The summed E-state index contributed by atoms with van der Waals surface area (Å²) >= 11 is 2.91. The molecule has 9 heteroatoms. The average molecular weight is 552 g/mol. The van der Waals surface area contributed by atoms with Crippen LogP contribution in [0.2, 0.25) is 0 Å². The fourth-order valence-electron chi connectivity index (χ4n) is 4.92. The highest BCUT2D eigenvalue weighted by Gasteiger charge is 2.32. The van der Waals surface area contributed by atoms with E-state index in [-0.39, 0.29) is 23.2 Å². The molecule has 2 heterocycles. The summed E-state index contributed by atoms with van der Waals surface area (Å²) < 4.78 is 8.22. The van der Waals surface area contributed by atoms with Crippen LogP contribution in [0.15, 0.2) is 23.4 Å². The highest BCUT2D eigenvalue weighted by molar-refractivity contribution is 7.99. The van der Waals surface area contributed by atoms with Crippen LogP contribution in [0.4, 0.5) is 5.00 Å². The van der Waals surface area contributed by atoms with Crippen molar-refractivity contribution in [3.63, 3.8) is 0 Å². The van der Waals surface area contributed by atoms with Crippen molar-refractivity contribution in [3.05, 3.63) is 51.2 Å². The molecule has 2 aromatic heterocycles. The number of anilines is 1. The predicted octanol–water partition coefficient (Wildman–Crippen LogP) is 6.87. The van der Waals surface area contributed by atoms with Gasteiger partial charge in [-0.1, -0.05) is 44.7 Å². The third kappa shape index (κ3) is 5.92. The van der Waals surface area contributed by atoms with Crippen LogP contribution in [-0.2, 0) is 24.2 Å². The first-order valence-corrected chi connectivity index (χ1v) is 15.0. The molecule has 4 rings (SSSR count). The van der Waals surface area contributed by atoms with Crippen LogP contribution in [0.25, 0.3) is 0 Å². The van der Waals surface area contributed by atoms with E-state index < -0.39 is 0 Å². The molecule has 2 unspecified atom stereocenters. The van der Waals surface area contributed by atoms with Crippen molar-refractivity contribution in [1.29, 1.82) is 5.26 Å². The minimum atomic E-state index is -0.293. The molecule has 0 aliphatic heterocycles. The van der Waals surface area contributed by atoms with Crippen LogP contribution in [0.1, 0.15) is 80.1 Å². The van der Waals surface area contributed by atoms with E-state index in [2.05, 4.69) is 55.3 Å². The van der Waals surface area contributed by atoms with Crippen LogP contribution in [0, 0.1) is 36.5 Å². The Hall–Kier alpha value is -2.83. The summed E-state index contributed by atoms with van der Waals surface area (Å²) in [4.78, 5) is 14.2. The molecule has 0 bridgehead atoms. The molecule has 7 nitrogen and oxygen atoms in total. The Kier molecular flexibility index (Phi) is 8.53. The summed E-state index contributed by atoms with van der Waals surface area (Å²) in [6.07, 6.45) is 2.64. The van der Waals surface area contributed by atoms with Crippen LogP contribution in [-0.4, -0.2) is 26.4 Å². The molecule has 0 fully saturated rings. The van der Waals surface area contributed by atoms with E-state index in [1.54, 1.807) is 11.3 Å². The van der Waals surface area contributed by atoms with Gasteiger partial charge in [-0.3, -0.25) is 4.79 Å². The zero-order chi connectivity index (χ0) is 27.6. The summed E-state index contributed by atoms with van der Waals surface area (Å²) in [6.45, 7) is 15.6. The molecule has 1 amide bonds. The van der Waals surface area contributed by atoms with Gasteiger partial charge in [-0.2, -0.15) is 5.26 Å². The molecule has 3 aromatic rings. The second-order valence-electron chi connectivity index (χ2n) is 11.0. The van der Waals surface area contributed by atoms with Gasteiger partial charge in [0.25, 0.3) is 0 Å². The summed E-state index contributed by atoms with van der Waals surface area (Å²) in [5.41, 5.74) is 4.26.